The molecule has 0 aromatic carbocycles. The van der Waals surface area contributed by atoms with Crippen LogP contribution in [0.15, 0.2) is 0 Å². The fourth-order valence-electron chi connectivity index (χ4n) is 0.972. The first kappa shape index (κ1) is 15.2. The summed E-state index contributed by atoms with van der Waals surface area (Å²) in [5.41, 5.74) is 0. The van der Waals surface area contributed by atoms with E-state index in [0.29, 0.717) is 21.2 Å². The van der Waals surface area contributed by atoms with Crippen LogP contribution >= 0.6 is 0 Å². The third kappa shape index (κ3) is 13.3. The molecule has 0 aliphatic carbocycles. The first-order chi connectivity index (χ1) is 5.41. The van der Waals surface area contributed by atoms with Crippen molar-refractivity contribution >= 4 is 0 Å². The second kappa shape index (κ2) is 14.2. The summed E-state index contributed by atoms with van der Waals surface area (Å²) in [5, 5.41) is 0. The van der Waals surface area contributed by atoms with Crippen molar-refractivity contribution in [1.82, 2.24) is 0 Å². The molecule has 0 rings (SSSR count). The molecule has 0 spiro atoms. The molecule has 0 amide bonds. The molecule has 0 aromatic rings. The molecule has 1 nitrogen and oxygen atoms in total. The van der Waals surface area contributed by atoms with Crippen LogP contribution in [0, 0.1) is 0 Å². The Morgan fingerprint density at radius 2 is 1.17 bits per heavy atom. The molecular formula is C10H23IO. The number of alkyl halides is 2. The second-order valence-corrected chi connectivity index (χ2v) is 6.22. The highest BCUT2D eigenvalue weighted by Gasteiger charge is 2.03. The Morgan fingerprint density at radius 1 is 0.750 bits per heavy atom. The number of unbranched alkanes of at least 4 members (excludes halogenated alkanes) is 4. The second-order valence-electron chi connectivity index (χ2n) is 2.98. The van der Waals surface area contributed by atoms with Gasteiger partial charge in [0.2, 0.25) is 0 Å². The monoisotopic (exact) mass is 286 g/mol. The molecule has 0 aromatic heterocycles. The van der Waals surface area contributed by atoms with E-state index >= 15 is 0 Å². The number of halogens is 1. The number of hydrogen-bond acceptors (Lipinski definition) is 1. The Kier molecular flexibility index (Phi) is 18.0. The average Bonchev–Trinajstić information content (AvgIpc) is 2.03. The summed E-state index contributed by atoms with van der Waals surface area (Å²) in [6.45, 7) is 4.57. The highest BCUT2D eigenvalue weighted by atomic mass is 127. The topological polar surface area (TPSA) is 30.0 Å². The van der Waals surface area contributed by atoms with Crippen LogP contribution in [0.5, 0.6) is 0 Å². The molecule has 0 saturated carbocycles. The molecule has 0 saturated heterocycles. The summed E-state index contributed by atoms with van der Waals surface area (Å²) in [7, 11) is 0. The highest BCUT2D eigenvalue weighted by molar-refractivity contribution is 4.34. The zero-order valence-electron chi connectivity index (χ0n) is 8.48. The largest absolute Gasteiger partial charge is 0.870 e. The minimum atomic E-state index is 0. The predicted molar refractivity (Wildman–Crippen MR) is 50.7 cm³/mol. The maximum atomic E-state index is 2.29. The van der Waals surface area contributed by atoms with Gasteiger partial charge in [-0.15, -0.1) is 0 Å². The predicted octanol–water partition coefficient (Wildman–Crippen LogP) is 0.279. The Hall–Kier alpha value is 0.690. The quantitative estimate of drug-likeness (QED) is 0.358. The van der Waals surface area contributed by atoms with Crippen LogP contribution in [0.1, 0.15) is 52.4 Å². The van der Waals surface area contributed by atoms with Gasteiger partial charge in [-0.2, -0.15) is 0 Å². The van der Waals surface area contributed by atoms with E-state index in [-0.39, 0.29) is 5.48 Å². The molecular weight excluding hydrogens is 263 g/mol. The zero-order chi connectivity index (χ0) is 8.36. The zero-order valence-corrected chi connectivity index (χ0v) is 10.6. The van der Waals surface area contributed by atoms with Gasteiger partial charge in [-0.25, -0.2) is 0 Å². The van der Waals surface area contributed by atoms with Crippen molar-refractivity contribution < 1.29 is 26.7 Å². The maximum Gasteiger partial charge on any atom is 0.268 e. The summed E-state index contributed by atoms with van der Waals surface area (Å²) in [5.74, 6) is 0. The molecule has 0 unspecified atom stereocenters. The van der Waals surface area contributed by atoms with Crippen molar-refractivity contribution in [2.75, 3.05) is 8.86 Å². The van der Waals surface area contributed by atoms with Crippen LogP contribution in [0.4, 0.5) is 0 Å². The first-order valence-electron chi connectivity index (χ1n) is 4.95. The molecule has 2 heteroatoms. The fraction of sp³-hybridized carbons (Fsp3) is 1.00. The van der Waals surface area contributed by atoms with Crippen molar-refractivity contribution in [3.63, 3.8) is 0 Å². The van der Waals surface area contributed by atoms with Crippen LogP contribution in [0.3, 0.4) is 0 Å². The van der Waals surface area contributed by atoms with Crippen LogP contribution in [-0.2, 0) is 0 Å². The van der Waals surface area contributed by atoms with Gasteiger partial charge in [0.1, 0.15) is 8.86 Å². The van der Waals surface area contributed by atoms with Gasteiger partial charge >= 0.3 is 0 Å². The molecule has 0 atom stereocenters. The van der Waals surface area contributed by atoms with Gasteiger partial charge < -0.3 is 5.48 Å². The Balaban J connectivity index is 0. The average molecular weight is 286 g/mol. The van der Waals surface area contributed by atoms with Gasteiger partial charge in [-0.05, 0) is 25.7 Å². The minimum absolute atomic E-state index is 0. The summed E-state index contributed by atoms with van der Waals surface area (Å²) >= 11 is 0.600. The smallest absolute Gasteiger partial charge is 0.268 e. The highest BCUT2D eigenvalue weighted by Crippen LogP contribution is 1.89. The van der Waals surface area contributed by atoms with Crippen molar-refractivity contribution in [2.24, 2.45) is 0 Å². The van der Waals surface area contributed by atoms with E-state index in [4.69, 9.17) is 0 Å². The molecule has 0 aliphatic rings. The lowest BCUT2D eigenvalue weighted by atomic mass is 10.3. The van der Waals surface area contributed by atoms with E-state index in [1.807, 2.05) is 0 Å². The lowest BCUT2D eigenvalue weighted by Gasteiger charge is -1.88. The van der Waals surface area contributed by atoms with Gasteiger partial charge in [0.25, 0.3) is 21.2 Å². The lowest BCUT2D eigenvalue weighted by molar-refractivity contribution is -0.655. The first-order valence-corrected chi connectivity index (χ1v) is 8.00. The van der Waals surface area contributed by atoms with Crippen LogP contribution in [0.2, 0.25) is 0 Å². The van der Waals surface area contributed by atoms with E-state index in [2.05, 4.69) is 13.8 Å². The van der Waals surface area contributed by atoms with E-state index in [1.54, 1.807) is 8.86 Å². The van der Waals surface area contributed by atoms with Crippen LogP contribution < -0.4 is 21.2 Å². The van der Waals surface area contributed by atoms with Crippen molar-refractivity contribution in [2.45, 2.75) is 52.4 Å². The van der Waals surface area contributed by atoms with Crippen LogP contribution in [-0.4, -0.2) is 14.3 Å². The Bertz CT molecular complexity index is 58.9. The molecule has 1 N–H and O–H groups in total. The molecule has 12 heavy (non-hydrogen) atoms. The Morgan fingerprint density at radius 3 is 1.50 bits per heavy atom. The maximum absolute atomic E-state index is 2.29. The fourth-order valence-corrected chi connectivity index (χ4v) is 3.67. The third-order valence-corrected chi connectivity index (χ3v) is 4.79. The molecule has 76 valence electrons. The molecule has 0 bridgehead atoms. The molecule has 0 aliphatic heterocycles. The van der Waals surface area contributed by atoms with Gasteiger partial charge in [0, 0.05) is 0 Å². The van der Waals surface area contributed by atoms with Crippen molar-refractivity contribution in [3.8, 4) is 0 Å². The van der Waals surface area contributed by atoms with E-state index in [0.717, 1.165) is 0 Å². The number of rotatable bonds is 8. The van der Waals surface area contributed by atoms with Gasteiger partial charge in [-0.1, -0.05) is 26.7 Å². The summed E-state index contributed by atoms with van der Waals surface area (Å²) in [6.07, 6.45) is 8.73. The molecule has 0 fully saturated rings. The van der Waals surface area contributed by atoms with E-state index in [9.17, 15) is 0 Å². The van der Waals surface area contributed by atoms with Gasteiger partial charge in [-0.3, -0.25) is 0 Å². The standard InChI is InChI=1S/C10H22I.H2O/c1-3-5-7-9-11-10-8-6-4-2;/h3-10H2,1-2H3;1H2/q+1;/p-1. The van der Waals surface area contributed by atoms with Crippen molar-refractivity contribution in [3.05, 3.63) is 0 Å². The van der Waals surface area contributed by atoms with Gasteiger partial charge in [0.15, 0.2) is 0 Å². The lowest BCUT2D eigenvalue weighted by Crippen LogP contribution is -3.63. The number of hydrogen-bond donors (Lipinski definition) is 0. The molecule has 0 heterocycles. The Labute approximate surface area is 87.9 Å². The normalized spacial score (nSPS) is 9.50. The molecule has 0 radical (unpaired) electrons. The van der Waals surface area contributed by atoms with E-state index < -0.39 is 0 Å². The SMILES string of the molecule is CCCCC[I+]CCCCC.[OH-]. The minimum Gasteiger partial charge on any atom is -0.870 e. The van der Waals surface area contributed by atoms with Gasteiger partial charge in [0.05, 0.1) is 0 Å². The third-order valence-electron chi connectivity index (χ3n) is 1.74. The summed E-state index contributed by atoms with van der Waals surface area (Å²) in [4.78, 5) is 0. The van der Waals surface area contributed by atoms with E-state index in [1.165, 1.54) is 38.5 Å². The van der Waals surface area contributed by atoms with Crippen LogP contribution in [0.25, 0.3) is 0 Å². The summed E-state index contributed by atoms with van der Waals surface area (Å²) < 4.78 is 3.16. The summed E-state index contributed by atoms with van der Waals surface area (Å²) in [6, 6.07) is 0. The van der Waals surface area contributed by atoms with Crippen molar-refractivity contribution in [1.29, 1.82) is 0 Å².